The average Bonchev–Trinajstić information content (AvgIpc) is 2.43. The number of hydrogen-bond donors (Lipinski definition) is 2. The fraction of sp³-hybridized carbons (Fsp3) is 0.333. The molecule has 0 aliphatic carbocycles. The topological polar surface area (TPSA) is 84.9 Å². The molecule has 0 saturated carbocycles. The normalized spacial score (nSPS) is 11.7. The van der Waals surface area contributed by atoms with E-state index < -0.39 is 24.5 Å². The summed E-state index contributed by atoms with van der Waals surface area (Å²) in [6.07, 6.45) is 0. The van der Waals surface area contributed by atoms with Gasteiger partial charge in [0, 0.05) is 5.56 Å². The Bertz CT molecular complexity index is 498. The van der Waals surface area contributed by atoms with E-state index >= 15 is 0 Å². The molecule has 2 N–H and O–H groups in total. The maximum atomic E-state index is 12.0. The number of aliphatic hydroxyl groups excluding tert-OH is 1. The number of carbonyl (C=O) groups excluding carboxylic acids is 2. The maximum Gasteiger partial charge on any atom is 0.330 e. The molecule has 0 saturated heterocycles. The number of rotatable bonds is 5. The van der Waals surface area contributed by atoms with Gasteiger partial charge in [-0.2, -0.15) is 0 Å². The highest BCUT2D eigenvalue weighted by Gasteiger charge is 2.22. The first-order valence-corrected chi connectivity index (χ1v) is 6.22. The Hall–Kier alpha value is -1.50. The molecule has 1 aromatic rings. The van der Waals surface area contributed by atoms with Gasteiger partial charge in [0.15, 0.2) is 11.8 Å². The number of esters is 1. The zero-order valence-electron chi connectivity index (χ0n) is 10.8. The molecule has 0 spiro atoms. The Labute approximate surface area is 125 Å². The summed E-state index contributed by atoms with van der Waals surface area (Å²) in [6, 6.07) is 1.52. The minimum atomic E-state index is -1.16. The van der Waals surface area contributed by atoms with E-state index in [2.05, 4.69) is 10.1 Å². The standard InChI is InChI=1S/C12H13Cl2NO5/c1-19-10-7(13)3-6(4-8(10)14)11(17)15-9(5-16)12(18)20-2/h3-4,9,16H,5H2,1-2H3,(H,15,17)/t9-/m1/s1. The van der Waals surface area contributed by atoms with Crippen LogP contribution < -0.4 is 10.1 Å². The van der Waals surface area contributed by atoms with Gasteiger partial charge in [0.1, 0.15) is 0 Å². The zero-order valence-corrected chi connectivity index (χ0v) is 12.3. The van der Waals surface area contributed by atoms with E-state index in [9.17, 15) is 9.59 Å². The molecule has 1 aromatic carbocycles. The molecule has 6 nitrogen and oxygen atoms in total. The highest BCUT2D eigenvalue weighted by atomic mass is 35.5. The first kappa shape index (κ1) is 16.6. The Balaban J connectivity index is 2.95. The first-order valence-electron chi connectivity index (χ1n) is 5.47. The van der Waals surface area contributed by atoms with Gasteiger partial charge in [0.2, 0.25) is 0 Å². The monoisotopic (exact) mass is 321 g/mol. The van der Waals surface area contributed by atoms with Crippen LogP contribution in [-0.4, -0.2) is 43.9 Å². The SMILES string of the molecule is COC(=O)[C@@H](CO)NC(=O)c1cc(Cl)c(OC)c(Cl)c1. The summed E-state index contributed by atoms with van der Waals surface area (Å²) < 4.78 is 9.40. The fourth-order valence-electron chi connectivity index (χ4n) is 1.45. The lowest BCUT2D eigenvalue weighted by Gasteiger charge is -2.14. The lowest BCUT2D eigenvalue weighted by Crippen LogP contribution is -2.44. The van der Waals surface area contributed by atoms with Gasteiger partial charge in [0.25, 0.3) is 5.91 Å². The molecule has 0 aromatic heterocycles. The molecule has 110 valence electrons. The summed E-state index contributed by atoms with van der Waals surface area (Å²) in [7, 11) is 2.55. The van der Waals surface area contributed by atoms with Crippen LogP contribution in [-0.2, 0) is 9.53 Å². The van der Waals surface area contributed by atoms with E-state index in [1.807, 2.05) is 0 Å². The van der Waals surface area contributed by atoms with Gasteiger partial charge >= 0.3 is 5.97 Å². The fourth-order valence-corrected chi connectivity index (χ4v) is 2.09. The Morgan fingerprint density at radius 1 is 1.30 bits per heavy atom. The van der Waals surface area contributed by atoms with Crippen LogP contribution in [0, 0.1) is 0 Å². The molecule has 20 heavy (non-hydrogen) atoms. The molecule has 1 amide bonds. The van der Waals surface area contributed by atoms with Gasteiger partial charge in [-0.3, -0.25) is 4.79 Å². The highest BCUT2D eigenvalue weighted by molar-refractivity contribution is 6.37. The van der Waals surface area contributed by atoms with Gasteiger partial charge in [0.05, 0.1) is 30.9 Å². The van der Waals surface area contributed by atoms with Crippen LogP contribution in [0.4, 0.5) is 0 Å². The van der Waals surface area contributed by atoms with E-state index in [0.717, 1.165) is 7.11 Å². The van der Waals surface area contributed by atoms with Crippen molar-refractivity contribution in [2.75, 3.05) is 20.8 Å². The highest BCUT2D eigenvalue weighted by Crippen LogP contribution is 2.33. The van der Waals surface area contributed by atoms with Crippen molar-refractivity contribution in [1.29, 1.82) is 0 Å². The van der Waals surface area contributed by atoms with Crippen molar-refractivity contribution in [1.82, 2.24) is 5.32 Å². The average molecular weight is 322 g/mol. The maximum absolute atomic E-state index is 12.0. The van der Waals surface area contributed by atoms with Crippen LogP contribution in [0.15, 0.2) is 12.1 Å². The molecule has 0 aliphatic heterocycles. The quantitative estimate of drug-likeness (QED) is 0.798. The summed E-state index contributed by atoms with van der Waals surface area (Å²) in [4.78, 5) is 23.2. The molecular formula is C12H13Cl2NO5. The molecule has 1 rings (SSSR count). The van der Waals surface area contributed by atoms with Crippen molar-refractivity contribution in [3.8, 4) is 5.75 Å². The van der Waals surface area contributed by atoms with Gasteiger partial charge in [-0.25, -0.2) is 4.79 Å². The number of carbonyl (C=O) groups is 2. The molecule has 1 atom stereocenters. The van der Waals surface area contributed by atoms with E-state index in [1.165, 1.54) is 19.2 Å². The van der Waals surface area contributed by atoms with Crippen LogP contribution in [0.3, 0.4) is 0 Å². The van der Waals surface area contributed by atoms with Gasteiger partial charge in [-0.05, 0) is 12.1 Å². The molecule has 0 bridgehead atoms. The molecule has 8 heteroatoms. The Morgan fingerprint density at radius 3 is 2.25 bits per heavy atom. The third kappa shape index (κ3) is 3.75. The number of methoxy groups -OCH3 is 2. The second-order valence-electron chi connectivity index (χ2n) is 3.70. The van der Waals surface area contributed by atoms with Crippen LogP contribution in [0.25, 0.3) is 0 Å². The number of aliphatic hydroxyl groups is 1. The van der Waals surface area contributed by atoms with Crippen molar-refractivity contribution in [3.05, 3.63) is 27.7 Å². The van der Waals surface area contributed by atoms with E-state index in [0.29, 0.717) is 0 Å². The lowest BCUT2D eigenvalue weighted by atomic mass is 10.2. The Kier molecular flexibility index (Phi) is 6.06. The molecular weight excluding hydrogens is 309 g/mol. The van der Waals surface area contributed by atoms with Gasteiger partial charge in [-0.1, -0.05) is 23.2 Å². The zero-order chi connectivity index (χ0) is 15.3. The third-order valence-electron chi connectivity index (χ3n) is 2.44. The second-order valence-corrected chi connectivity index (χ2v) is 4.52. The largest absolute Gasteiger partial charge is 0.494 e. The van der Waals surface area contributed by atoms with Crippen molar-refractivity contribution in [3.63, 3.8) is 0 Å². The van der Waals surface area contributed by atoms with Crippen LogP contribution in [0.5, 0.6) is 5.75 Å². The number of ether oxygens (including phenoxy) is 2. The van der Waals surface area contributed by atoms with Crippen molar-refractivity contribution in [2.45, 2.75) is 6.04 Å². The number of amides is 1. The summed E-state index contributed by atoms with van der Waals surface area (Å²) in [5.74, 6) is -1.14. The molecule has 0 radical (unpaired) electrons. The second kappa shape index (κ2) is 7.33. The predicted molar refractivity (Wildman–Crippen MR) is 73.4 cm³/mol. The number of hydrogen-bond acceptors (Lipinski definition) is 5. The number of benzene rings is 1. The molecule has 0 fully saturated rings. The molecule has 0 unspecified atom stereocenters. The third-order valence-corrected chi connectivity index (χ3v) is 3.00. The van der Waals surface area contributed by atoms with Gasteiger partial charge in [-0.15, -0.1) is 0 Å². The van der Waals surface area contributed by atoms with E-state index in [1.54, 1.807) is 0 Å². The summed E-state index contributed by atoms with van der Waals surface area (Å²) in [6.45, 7) is -0.587. The van der Waals surface area contributed by atoms with Crippen molar-refractivity contribution in [2.24, 2.45) is 0 Å². The minimum absolute atomic E-state index is 0.128. The molecule has 0 aliphatic rings. The smallest absolute Gasteiger partial charge is 0.330 e. The van der Waals surface area contributed by atoms with Gasteiger partial charge < -0.3 is 19.9 Å². The number of nitrogens with one attached hydrogen (secondary N) is 1. The van der Waals surface area contributed by atoms with Crippen LogP contribution >= 0.6 is 23.2 Å². The van der Waals surface area contributed by atoms with Crippen molar-refractivity contribution < 1.29 is 24.2 Å². The minimum Gasteiger partial charge on any atom is -0.494 e. The predicted octanol–water partition coefficient (Wildman–Crippen LogP) is 1.27. The van der Waals surface area contributed by atoms with E-state index in [-0.39, 0.29) is 21.4 Å². The van der Waals surface area contributed by atoms with Crippen molar-refractivity contribution >= 4 is 35.1 Å². The number of halogens is 2. The summed E-state index contributed by atoms with van der Waals surface area (Å²) in [5, 5.41) is 11.6. The summed E-state index contributed by atoms with van der Waals surface area (Å²) >= 11 is 11.8. The molecule has 0 heterocycles. The van der Waals surface area contributed by atoms with Crippen LogP contribution in [0.2, 0.25) is 10.0 Å². The summed E-state index contributed by atoms with van der Waals surface area (Å²) in [5.41, 5.74) is 0.128. The van der Waals surface area contributed by atoms with E-state index in [4.69, 9.17) is 33.0 Å². The first-order chi connectivity index (χ1) is 9.44. The Morgan fingerprint density at radius 2 is 1.85 bits per heavy atom. The lowest BCUT2D eigenvalue weighted by molar-refractivity contribution is -0.143. The van der Waals surface area contributed by atoms with Crippen LogP contribution in [0.1, 0.15) is 10.4 Å².